The zero-order chi connectivity index (χ0) is 18.9. The number of piperidine rings is 1. The van der Waals surface area contributed by atoms with E-state index in [4.69, 9.17) is 4.98 Å². The summed E-state index contributed by atoms with van der Waals surface area (Å²) in [5.74, 6) is 0.560. The van der Waals surface area contributed by atoms with Crippen molar-refractivity contribution in [3.05, 3.63) is 77.8 Å². The van der Waals surface area contributed by atoms with Gasteiger partial charge in [0.05, 0.1) is 21.6 Å². The second-order valence-corrected chi connectivity index (χ2v) is 8.17. The average Bonchev–Trinajstić information content (AvgIpc) is 3.43. The van der Waals surface area contributed by atoms with Crippen molar-refractivity contribution in [1.82, 2.24) is 19.4 Å². The number of amides is 1. The number of likely N-dealkylation sites (tertiary alicyclic amines) is 1. The summed E-state index contributed by atoms with van der Waals surface area (Å²) in [5, 5.41) is 1.21. The van der Waals surface area contributed by atoms with Gasteiger partial charge in [0.15, 0.2) is 0 Å². The van der Waals surface area contributed by atoms with E-state index in [2.05, 4.69) is 23.2 Å². The van der Waals surface area contributed by atoms with Crippen LogP contribution in [0, 0.1) is 0 Å². The molecule has 0 bridgehead atoms. The maximum absolute atomic E-state index is 12.9. The first-order chi connectivity index (χ1) is 13.8. The van der Waals surface area contributed by atoms with E-state index in [9.17, 15) is 4.79 Å². The van der Waals surface area contributed by atoms with Gasteiger partial charge in [0, 0.05) is 42.7 Å². The Morgan fingerprint density at radius 2 is 1.82 bits per heavy atom. The van der Waals surface area contributed by atoms with Crippen LogP contribution in [-0.4, -0.2) is 38.4 Å². The van der Waals surface area contributed by atoms with Crippen LogP contribution in [0.25, 0.3) is 15.9 Å². The Morgan fingerprint density at radius 1 is 1.04 bits per heavy atom. The van der Waals surface area contributed by atoms with Crippen LogP contribution in [0.2, 0.25) is 0 Å². The predicted octanol–water partition coefficient (Wildman–Crippen LogP) is 4.50. The lowest BCUT2D eigenvalue weighted by molar-refractivity contribution is 0.0713. The molecule has 3 heterocycles. The number of benzene rings is 2. The Balaban J connectivity index is 1.25. The highest BCUT2D eigenvalue weighted by molar-refractivity contribution is 7.18. The van der Waals surface area contributed by atoms with Crippen LogP contribution in [0.5, 0.6) is 0 Å². The van der Waals surface area contributed by atoms with Gasteiger partial charge in [-0.15, -0.1) is 11.3 Å². The van der Waals surface area contributed by atoms with Crippen LogP contribution in [-0.2, 0) is 0 Å². The second-order valence-electron chi connectivity index (χ2n) is 7.10. The highest BCUT2D eigenvalue weighted by Crippen LogP contribution is 2.34. The SMILES string of the molecule is O=C(c1ccc(-n2ccnc2)cc1)N1CCC(c2nc3ccccc3s2)CC1. The molecule has 1 fully saturated rings. The standard InChI is InChI=1S/C22H20N4OS/c27-22(17-5-7-18(8-6-17)26-14-11-23-15-26)25-12-9-16(10-13-25)21-24-19-3-1-2-4-20(19)28-21/h1-8,11,14-16H,9-10,12-13H2. The Kier molecular flexibility index (Phi) is 4.41. The topological polar surface area (TPSA) is 51.0 Å². The van der Waals surface area contributed by atoms with Gasteiger partial charge < -0.3 is 9.47 Å². The number of rotatable bonds is 3. The van der Waals surface area contributed by atoms with Crippen molar-refractivity contribution >= 4 is 27.5 Å². The summed E-state index contributed by atoms with van der Waals surface area (Å²) in [6, 6.07) is 16.0. The van der Waals surface area contributed by atoms with Crippen molar-refractivity contribution in [2.24, 2.45) is 0 Å². The average molecular weight is 388 g/mol. The van der Waals surface area contributed by atoms with Crippen LogP contribution in [0.3, 0.4) is 0 Å². The van der Waals surface area contributed by atoms with Gasteiger partial charge in [0.1, 0.15) is 0 Å². The molecule has 28 heavy (non-hydrogen) atoms. The maximum Gasteiger partial charge on any atom is 0.253 e. The van der Waals surface area contributed by atoms with Gasteiger partial charge in [-0.05, 0) is 49.2 Å². The van der Waals surface area contributed by atoms with Crippen molar-refractivity contribution in [2.45, 2.75) is 18.8 Å². The molecule has 0 saturated carbocycles. The van der Waals surface area contributed by atoms with Gasteiger partial charge in [-0.25, -0.2) is 9.97 Å². The number of para-hydroxylation sites is 1. The molecule has 0 atom stereocenters. The van der Waals surface area contributed by atoms with Crippen molar-refractivity contribution in [1.29, 1.82) is 0 Å². The largest absolute Gasteiger partial charge is 0.339 e. The van der Waals surface area contributed by atoms with Crippen LogP contribution in [0.4, 0.5) is 0 Å². The molecule has 6 heteroatoms. The summed E-state index contributed by atoms with van der Waals surface area (Å²) in [6.07, 6.45) is 7.33. The van der Waals surface area contributed by atoms with E-state index in [0.29, 0.717) is 5.92 Å². The second kappa shape index (κ2) is 7.20. The first-order valence-electron chi connectivity index (χ1n) is 9.51. The van der Waals surface area contributed by atoms with E-state index in [-0.39, 0.29) is 5.91 Å². The molecule has 1 amide bonds. The Bertz CT molecular complexity index is 1060. The Labute approximate surface area is 167 Å². The van der Waals surface area contributed by atoms with E-state index >= 15 is 0 Å². The third kappa shape index (κ3) is 3.20. The number of thiazole rings is 1. The molecule has 4 aromatic rings. The monoisotopic (exact) mass is 388 g/mol. The summed E-state index contributed by atoms with van der Waals surface area (Å²) in [5.41, 5.74) is 2.82. The number of aromatic nitrogens is 3. The lowest BCUT2D eigenvalue weighted by Gasteiger charge is -2.31. The van der Waals surface area contributed by atoms with Gasteiger partial charge in [-0.3, -0.25) is 4.79 Å². The normalized spacial score (nSPS) is 15.2. The van der Waals surface area contributed by atoms with Gasteiger partial charge >= 0.3 is 0 Å². The molecule has 0 N–H and O–H groups in total. The first kappa shape index (κ1) is 17.1. The minimum Gasteiger partial charge on any atom is -0.339 e. The summed E-state index contributed by atoms with van der Waals surface area (Å²) >= 11 is 1.79. The lowest BCUT2D eigenvalue weighted by atomic mass is 9.97. The van der Waals surface area contributed by atoms with Gasteiger partial charge in [-0.1, -0.05) is 12.1 Å². The van der Waals surface area contributed by atoms with Gasteiger partial charge in [0.25, 0.3) is 5.91 Å². The summed E-state index contributed by atoms with van der Waals surface area (Å²) in [4.78, 5) is 23.7. The molecule has 0 spiro atoms. The molecular weight excluding hydrogens is 368 g/mol. The van der Waals surface area contributed by atoms with E-state index < -0.39 is 0 Å². The molecule has 140 valence electrons. The quantitative estimate of drug-likeness (QED) is 0.519. The van der Waals surface area contributed by atoms with Crippen LogP contribution in [0.1, 0.15) is 34.1 Å². The minimum atomic E-state index is 0.111. The van der Waals surface area contributed by atoms with Crippen molar-refractivity contribution in [3.63, 3.8) is 0 Å². The first-order valence-corrected chi connectivity index (χ1v) is 10.3. The third-order valence-electron chi connectivity index (χ3n) is 5.36. The fraction of sp³-hybridized carbons (Fsp3) is 0.227. The summed E-state index contributed by atoms with van der Waals surface area (Å²) < 4.78 is 3.17. The van der Waals surface area contributed by atoms with Gasteiger partial charge in [-0.2, -0.15) is 0 Å². The van der Waals surface area contributed by atoms with Crippen LogP contribution < -0.4 is 0 Å². The molecule has 1 saturated heterocycles. The number of hydrogen-bond donors (Lipinski definition) is 0. The smallest absolute Gasteiger partial charge is 0.253 e. The molecule has 5 rings (SSSR count). The zero-order valence-corrected chi connectivity index (χ0v) is 16.2. The third-order valence-corrected chi connectivity index (χ3v) is 6.56. The van der Waals surface area contributed by atoms with E-state index in [1.807, 2.05) is 46.0 Å². The van der Waals surface area contributed by atoms with E-state index in [0.717, 1.165) is 42.7 Å². The van der Waals surface area contributed by atoms with Crippen molar-refractivity contribution in [3.8, 4) is 5.69 Å². The number of carbonyl (C=O) groups excluding carboxylic acids is 1. The molecule has 0 unspecified atom stereocenters. The molecule has 0 aliphatic carbocycles. The number of fused-ring (bicyclic) bond motifs is 1. The molecular formula is C22H20N4OS. The number of carbonyl (C=O) groups is 1. The maximum atomic E-state index is 12.9. The number of imidazole rings is 1. The predicted molar refractivity (Wildman–Crippen MR) is 111 cm³/mol. The highest BCUT2D eigenvalue weighted by atomic mass is 32.1. The molecule has 2 aromatic carbocycles. The molecule has 5 nitrogen and oxygen atoms in total. The minimum absolute atomic E-state index is 0.111. The number of nitrogens with zero attached hydrogens (tertiary/aromatic N) is 4. The van der Waals surface area contributed by atoms with Crippen LogP contribution >= 0.6 is 11.3 Å². The van der Waals surface area contributed by atoms with E-state index in [1.54, 1.807) is 23.9 Å². The van der Waals surface area contributed by atoms with Crippen molar-refractivity contribution in [2.75, 3.05) is 13.1 Å². The highest BCUT2D eigenvalue weighted by Gasteiger charge is 2.26. The summed E-state index contributed by atoms with van der Waals surface area (Å²) in [7, 11) is 0. The molecule has 1 aliphatic rings. The Morgan fingerprint density at radius 3 is 2.54 bits per heavy atom. The lowest BCUT2D eigenvalue weighted by Crippen LogP contribution is -2.37. The van der Waals surface area contributed by atoms with Crippen molar-refractivity contribution < 1.29 is 4.79 Å². The zero-order valence-electron chi connectivity index (χ0n) is 15.4. The molecule has 2 aromatic heterocycles. The van der Waals surface area contributed by atoms with E-state index in [1.165, 1.54) is 9.71 Å². The number of hydrogen-bond acceptors (Lipinski definition) is 4. The molecule has 0 radical (unpaired) electrons. The molecule has 1 aliphatic heterocycles. The fourth-order valence-corrected chi connectivity index (χ4v) is 4.90. The fourth-order valence-electron chi connectivity index (χ4n) is 3.76. The van der Waals surface area contributed by atoms with Crippen LogP contribution in [0.15, 0.2) is 67.3 Å². The Hall–Kier alpha value is -2.99. The summed E-state index contributed by atoms with van der Waals surface area (Å²) in [6.45, 7) is 1.56. The van der Waals surface area contributed by atoms with Gasteiger partial charge in [0.2, 0.25) is 0 Å².